The number of ether oxygens (including phenoxy) is 2. The molecule has 1 aliphatic heterocycles. The maximum Gasteiger partial charge on any atom is 0.255 e. The molecule has 6 atom stereocenters. The summed E-state index contributed by atoms with van der Waals surface area (Å²) in [6.45, 7) is 0.00201. The Kier molecular flexibility index (Phi) is 5.96. The quantitative estimate of drug-likeness (QED) is 0.190. The summed E-state index contributed by atoms with van der Waals surface area (Å²) in [6, 6.07) is 5.94. The van der Waals surface area contributed by atoms with Gasteiger partial charge in [-0.15, -0.1) is 0 Å². The van der Waals surface area contributed by atoms with Gasteiger partial charge in [-0.2, -0.15) is 5.26 Å². The zero-order valence-corrected chi connectivity index (χ0v) is 23.4. The molecule has 0 aromatic heterocycles. The van der Waals surface area contributed by atoms with Crippen molar-refractivity contribution in [2.24, 2.45) is 28.3 Å². The Morgan fingerprint density at radius 1 is 1.09 bits per heavy atom. The van der Waals surface area contributed by atoms with Crippen molar-refractivity contribution < 1.29 is 44.3 Å². The highest BCUT2D eigenvalue weighted by Crippen LogP contribution is 2.60. The van der Waals surface area contributed by atoms with Gasteiger partial charge in [0, 0.05) is 5.56 Å². The highest BCUT2D eigenvalue weighted by atomic mass is 16.7. The van der Waals surface area contributed by atoms with Gasteiger partial charge in [-0.1, -0.05) is 18.2 Å². The van der Waals surface area contributed by atoms with Gasteiger partial charge >= 0.3 is 0 Å². The number of carbonyl (C=O) groups is 3. The van der Waals surface area contributed by atoms with Crippen LogP contribution >= 0.6 is 0 Å². The summed E-state index contributed by atoms with van der Waals surface area (Å²) in [5.41, 5.74) is 15.5. The smallest absolute Gasteiger partial charge is 0.255 e. The minimum Gasteiger partial charge on any atom is -0.509 e. The summed E-state index contributed by atoms with van der Waals surface area (Å²) >= 11 is 0. The Bertz CT molecular complexity index is 1830. The minimum absolute atomic E-state index is 0.00201. The molecule has 1 saturated carbocycles. The Hall–Kier alpha value is -4.98. The van der Waals surface area contributed by atoms with E-state index in [1.165, 1.54) is 26.2 Å². The lowest BCUT2D eigenvalue weighted by molar-refractivity contribution is -0.153. The molecular formula is C29H28N6O9. The molecule has 228 valence electrons. The molecule has 3 aliphatic carbocycles. The molecule has 2 aromatic rings. The third-order valence-electron chi connectivity index (χ3n) is 9.24. The van der Waals surface area contributed by atoms with E-state index in [0.717, 1.165) is 4.90 Å². The van der Waals surface area contributed by atoms with Gasteiger partial charge in [-0.05, 0) is 37.4 Å². The van der Waals surface area contributed by atoms with E-state index in [1.54, 1.807) is 24.3 Å². The molecule has 1 amide bonds. The number of nitrogens with two attached hydrogens (primary N) is 4. The third kappa shape index (κ3) is 3.07. The lowest BCUT2D eigenvalue weighted by Gasteiger charge is -2.62. The number of phenolic OH excluding ortho intramolecular Hbond substituents is 1. The molecule has 6 rings (SSSR count). The number of phenols is 1. The first-order valence-electron chi connectivity index (χ1n) is 13.2. The van der Waals surface area contributed by atoms with Crippen molar-refractivity contribution >= 4 is 23.2 Å². The zero-order valence-electron chi connectivity index (χ0n) is 23.4. The number of hydrogen-bond acceptors (Lipinski definition) is 14. The summed E-state index contributed by atoms with van der Waals surface area (Å²) in [5.74, 6) is -6.10. The standard InChI is InChI=1S/C29H28N6O9/c1-35(2)22-20(38)16(25(32)41)23(39)27(8-30)24(40)17-19(37)15-12(21(31)28(17,33)26(42)29(22,27)34)5-4-11(18(15)36)10-3-6-13-14(7-10)44-9-43-13/h3-7,21-22,26,36-37,39,42H,9,31,33-34H2,1-2H3,(H2,32,41)/t21-,22+,26-,27-,28+,29-/m0/s1. The van der Waals surface area contributed by atoms with Crippen LogP contribution in [0.25, 0.3) is 16.9 Å². The Morgan fingerprint density at radius 2 is 1.75 bits per heavy atom. The number of nitrogens with zero attached hydrogens (tertiary/aromatic N) is 2. The van der Waals surface area contributed by atoms with E-state index in [4.69, 9.17) is 32.4 Å². The molecule has 12 N–H and O–H groups in total. The maximum absolute atomic E-state index is 14.6. The molecule has 0 spiro atoms. The zero-order chi connectivity index (χ0) is 32.3. The number of primary amides is 1. The van der Waals surface area contributed by atoms with Crippen LogP contribution in [-0.4, -0.2) is 86.9 Å². The third-order valence-corrected chi connectivity index (χ3v) is 9.24. The predicted octanol–water partition coefficient (Wildman–Crippen LogP) is -1.27. The van der Waals surface area contributed by atoms with E-state index in [1.807, 2.05) is 0 Å². The Morgan fingerprint density at radius 3 is 2.36 bits per heavy atom. The normalized spacial score (nSPS) is 32.3. The van der Waals surface area contributed by atoms with Crippen molar-refractivity contribution in [2.75, 3.05) is 20.9 Å². The summed E-state index contributed by atoms with van der Waals surface area (Å²) in [5, 5.41) is 57.1. The highest BCUT2D eigenvalue weighted by Gasteiger charge is 2.79. The number of ketones is 2. The van der Waals surface area contributed by atoms with E-state index in [-0.39, 0.29) is 23.5 Å². The van der Waals surface area contributed by atoms with Crippen LogP contribution in [0.15, 0.2) is 47.2 Å². The largest absolute Gasteiger partial charge is 0.509 e. The molecule has 2 aromatic carbocycles. The van der Waals surface area contributed by atoms with E-state index in [0.29, 0.717) is 17.1 Å². The average Bonchev–Trinajstić information content (AvgIpc) is 3.43. The van der Waals surface area contributed by atoms with Crippen LogP contribution in [0.4, 0.5) is 0 Å². The number of Topliss-reactive ketones (excluding diaryl/α,β-unsaturated/α-hetero) is 2. The number of fused-ring (bicyclic) bond motifs is 4. The number of amides is 1. The summed E-state index contributed by atoms with van der Waals surface area (Å²) < 4.78 is 10.7. The highest BCUT2D eigenvalue weighted by molar-refractivity contribution is 6.26. The molecule has 15 nitrogen and oxygen atoms in total. The number of hydrogen-bond donors (Lipinski definition) is 8. The van der Waals surface area contributed by atoms with Crippen molar-refractivity contribution in [3.05, 3.63) is 58.4 Å². The van der Waals surface area contributed by atoms with Crippen LogP contribution in [0.1, 0.15) is 17.2 Å². The molecule has 44 heavy (non-hydrogen) atoms. The number of likely N-dealkylation sites (N-methyl/N-ethyl adjacent to an activating group) is 1. The van der Waals surface area contributed by atoms with Crippen molar-refractivity contribution in [3.8, 4) is 34.4 Å². The summed E-state index contributed by atoms with van der Waals surface area (Å²) in [4.78, 5) is 41.6. The number of carbonyl (C=O) groups excluding carboxylic acids is 3. The number of nitriles is 1. The minimum atomic E-state index is -3.06. The molecule has 1 fully saturated rings. The number of aromatic hydroxyl groups is 1. The van der Waals surface area contributed by atoms with Crippen molar-refractivity contribution in [3.63, 3.8) is 0 Å². The van der Waals surface area contributed by atoms with Crippen LogP contribution in [0.2, 0.25) is 0 Å². The SMILES string of the molecule is CN(C)[C@@H]1C(=O)C(C(N)=O)=C(O)[C@@]2(C#N)C(=O)C3=C(O)c4c(ccc(-c5ccc6c(c5)OCO6)c4O)[C@H](N)[C@@]3(N)[C@H](O)[C@@]12N. The molecule has 4 aliphatic rings. The topological polar surface area (TPSA) is 282 Å². The van der Waals surface area contributed by atoms with Crippen LogP contribution < -0.4 is 32.4 Å². The first-order valence-corrected chi connectivity index (χ1v) is 13.2. The second-order valence-corrected chi connectivity index (χ2v) is 11.5. The fraction of sp³-hybridized carbons (Fsp3) is 0.310. The number of benzene rings is 2. The van der Waals surface area contributed by atoms with Gasteiger partial charge in [0.25, 0.3) is 5.91 Å². The number of aliphatic hydroxyl groups excluding tert-OH is 3. The number of aliphatic hydroxyl groups is 3. The summed E-state index contributed by atoms with van der Waals surface area (Å²) in [7, 11) is 2.66. The molecule has 15 heteroatoms. The fourth-order valence-electron chi connectivity index (χ4n) is 7.18. The van der Waals surface area contributed by atoms with Crippen molar-refractivity contribution in [1.82, 2.24) is 4.90 Å². The number of rotatable bonds is 3. The van der Waals surface area contributed by atoms with E-state index < -0.39 is 80.6 Å². The Labute approximate surface area is 249 Å². The van der Waals surface area contributed by atoms with Gasteiger partial charge in [-0.3, -0.25) is 19.3 Å². The maximum atomic E-state index is 14.6. The first-order chi connectivity index (χ1) is 20.6. The molecular weight excluding hydrogens is 576 g/mol. The molecule has 1 heterocycles. The van der Waals surface area contributed by atoms with Gasteiger partial charge in [0.05, 0.1) is 34.8 Å². The fourth-order valence-corrected chi connectivity index (χ4v) is 7.18. The van der Waals surface area contributed by atoms with E-state index in [9.17, 15) is 40.1 Å². The van der Waals surface area contributed by atoms with Gasteiger partial charge in [0.2, 0.25) is 6.79 Å². The monoisotopic (exact) mass is 604 g/mol. The van der Waals surface area contributed by atoms with Crippen LogP contribution in [0, 0.1) is 16.7 Å². The van der Waals surface area contributed by atoms with E-state index >= 15 is 0 Å². The van der Waals surface area contributed by atoms with Crippen LogP contribution in [0.5, 0.6) is 17.2 Å². The van der Waals surface area contributed by atoms with Crippen molar-refractivity contribution in [2.45, 2.75) is 29.3 Å². The van der Waals surface area contributed by atoms with Crippen molar-refractivity contribution in [1.29, 1.82) is 5.26 Å². The van der Waals surface area contributed by atoms with Gasteiger partial charge in [0.1, 0.15) is 34.5 Å². The van der Waals surface area contributed by atoms with Gasteiger partial charge in [-0.25, -0.2) is 0 Å². The van der Waals surface area contributed by atoms with Gasteiger partial charge < -0.3 is 52.8 Å². The van der Waals surface area contributed by atoms with Crippen LogP contribution in [-0.2, 0) is 14.4 Å². The molecule has 0 bridgehead atoms. The molecule has 0 radical (unpaired) electrons. The summed E-state index contributed by atoms with van der Waals surface area (Å²) in [6.07, 6.45) is -2.30. The van der Waals surface area contributed by atoms with Crippen LogP contribution in [0.3, 0.4) is 0 Å². The lowest BCUT2D eigenvalue weighted by atomic mass is 9.45. The van der Waals surface area contributed by atoms with Gasteiger partial charge in [0.15, 0.2) is 28.5 Å². The lowest BCUT2D eigenvalue weighted by Crippen LogP contribution is -2.87. The molecule has 0 unspecified atom stereocenters. The first kappa shape index (κ1) is 29.1. The second-order valence-electron chi connectivity index (χ2n) is 11.5. The predicted molar refractivity (Wildman–Crippen MR) is 150 cm³/mol. The average molecular weight is 605 g/mol. The Balaban J connectivity index is 1.67. The van der Waals surface area contributed by atoms with E-state index in [2.05, 4.69) is 0 Å². The molecule has 0 saturated heterocycles. The second kappa shape index (κ2) is 9.02.